The van der Waals surface area contributed by atoms with Crippen LogP contribution in [0.5, 0.6) is 5.75 Å². The fourth-order valence-corrected chi connectivity index (χ4v) is 1.10. The molecule has 0 unspecified atom stereocenters. The van der Waals surface area contributed by atoms with Gasteiger partial charge in [0.25, 0.3) is 0 Å². The number of Topliss-reactive ketones (excluding diaryl/α,β-unsaturated/α-hetero) is 1. The maximum absolute atomic E-state index is 11.4. The molecular formula is C13H13O2. The van der Waals surface area contributed by atoms with Gasteiger partial charge >= 0.3 is 0 Å². The Labute approximate surface area is 89.9 Å². The number of hydrogen-bond donors (Lipinski definition) is 0. The second kappa shape index (κ2) is 5.81. The van der Waals surface area contributed by atoms with Crippen molar-refractivity contribution in [2.24, 2.45) is 0 Å². The van der Waals surface area contributed by atoms with E-state index in [-0.39, 0.29) is 5.78 Å². The highest BCUT2D eigenvalue weighted by Gasteiger charge is 2.02. The Morgan fingerprint density at radius 1 is 1.27 bits per heavy atom. The smallest absolute Gasteiger partial charge is 0.166 e. The van der Waals surface area contributed by atoms with Gasteiger partial charge in [0.1, 0.15) is 5.75 Å². The van der Waals surface area contributed by atoms with Gasteiger partial charge in [-0.05, 0) is 30.3 Å². The molecule has 0 saturated heterocycles. The van der Waals surface area contributed by atoms with Gasteiger partial charge in [0, 0.05) is 12.0 Å². The Morgan fingerprint density at radius 2 is 1.93 bits per heavy atom. The summed E-state index contributed by atoms with van der Waals surface area (Å²) in [5.41, 5.74) is 0.667. The largest absolute Gasteiger partial charge is 0.482 e. The molecule has 0 aliphatic heterocycles. The summed E-state index contributed by atoms with van der Waals surface area (Å²) in [6.07, 6.45) is 3.51. The third-order valence-electron chi connectivity index (χ3n) is 1.81. The van der Waals surface area contributed by atoms with Crippen molar-refractivity contribution in [2.75, 3.05) is 0 Å². The molecule has 1 aromatic rings. The number of carbonyl (C=O) groups excluding carboxylic acids is 1. The summed E-state index contributed by atoms with van der Waals surface area (Å²) in [6, 6.07) is 6.96. The lowest BCUT2D eigenvalue weighted by atomic mass is 10.1. The highest BCUT2D eigenvalue weighted by molar-refractivity contribution is 5.96. The lowest BCUT2D eigenvalue weighted by Crippen LogP contribution is -1.96. The van der Waals surface area contributed by atoms with E-state index in [0.29, 0.717) is 17.7 Å². The topological polar surface area (TPSA) is 26.3 Å². The molecule has 0 bridgehead atoms. The van der Waals surface area contributed by atoms with Gasteiger partial charge in [0.15, 0.2) is 12.4 Å². The van der Waals surface area contributed by atoms with Crippen LogP contribution in [-0.4, -0.2) is 5.78 Å². The second-order valence-electron chi connectivity index (χ2n) is 2.93. The minimum atomic E-state index is 0.0595. The van der Waals surface area contributed by atoms with Crippen molar-refractivity contribution in [3.8, 4) is 5.75 Å². The molecule has 0 spiro atoms. The first-order valence-corrected chi connectivity index (χ1v) is 4.63. The molecule has 0 amide bonds. The van der Waals surface area contributed by atoms with Crippen molar-refractivity contribution >= 4 is 5.78 Å². The van der Waals surface area contributed by atoms with Crippen LogP contribution in [0.4, 0.5) is 0 Å². The molecule has 0 saturated carbocycles. The summed E-state index contributed by atoms with van der Waals surface area (Å²) in [5.74, 6) is 0.745. The molecule has 2 nitrogen and oxygen atoms in total. The molecule has 0 N–H and O–H groups in total. The zero-order valence-electron chi connectivity index (χ0n) is 8.48. The first-order valence-electron chi connectivity index (χ1n) is 4.63. The maximum atomic E-state index is 11.4. The molecule has 0 aromatic heterocycles. The summed E-state index contributed by atoms with van der Waals surface area (Å²) in [4.78, 5) is 11.4. The summed E-state index contributed by atoms with van der Waals surface area (Å²) < 4.78 is 5.18. The van der Waals surface area contributed by atoms with Crippen LogP contribution in [0.3, 0.4) is 0 Å². The van der Waals surface area contributed by atoms with Gasteiger partial charge in [-0.25, -0.2) is 0 Å². The summed E-state index contributed by atoms with van der Waals surface area (Å²) in [5, 5.41) is 0. The third-order valence-corrected chi connectivity index (χ3v) is 1.81. The Hall–Kier alpha value is -1.83. The van der Waals surface area contributed by atoms with Crippen LogP contribution in [-0.2, 0) is 0 Å². The predicted octanol–water partition coefficient (Wildman–Crippen LogP) is 3.17. The van der Waals surface area contributed by atoms with Crippen molar-refractivity contribution in [3.05, 3.63) is 61.7 Å². The number of carbonyl (C=O) groups is 1. The Balaban J connectivity index is 2.67. The minimum Gasteiger partial charge on any atom is -0.482 e. The van der Waals surface area contributed by atoms with Gasteiger partial charge in [-0.1, -0.05) is 12.7 Å². The molecule has 0 atom stereocenters. The molecule has 77 valence electrons. The van der Waals surface area contributed by atoms with Crippen LogP contribution < -0.4 is 4.74 Å². The molecular weight excluding hydrogens is 188 g/mol. The molecule has 1 rings (SSSR count). The molecule has 0 heterocycles. The van der Waals surface area contributed by atoms with Crippen LogP contribution in [0.2, 0.25) is 0 Å². The normalized spacial score (nSPS) is 9.33. The third kappa shape index (κ3) is 3.43. The van der Waals surface area contributed by atoms with Gasteiger partial charge in [-0.15, -0.1) is 6.58 Å². The fourth-order valence-electron chi connectivity index (χ4n) is 1.10. The van der Waals surface area contributed by atoms with Gasteiger partial charge in [-0.2, -0.15) is 0 Å². The molecule has 0 aliphatic rings. The van der Waals surface area contributed by atoms with E-state index < -0.39 is 0 Å². The quantitative estimate of drug-likeness (QED) is 0.522. The second-order valence-corrected chi connectivity index (χ2v) is 2.93. The lowest BCUT2D eigenvalue weighted by molar-refractivity contribution is 0.0996. The van der Waals surface area contributed by atoms with Crippen molar-refractivity contribution in [1.82, 2.24) is 0 Å². The van der Waals surface area contributed by atoms with E-state index in [1.807, 2.05) is 0 Å². The lowest BCUT2D eigenvalue weighted by Gasteiger charge is -2.03. The SMILES string of the molecule is C=C[CH]Oc1ccc(C(=O)CC=C)cc1. The average Bonchev–Trinajstić information content (AvgIpc) is 2.27. The van der Waals surface area contributed by atoms with Crippen LogP contribution in [0.1, 0.15) is 16.8 Å². The van der Waals surface area contributed by atoms with E-state index in [4.69, 9.17) is 4.74 Å². The zero-order valence-corrected chi connectivity index (χ0v) is 8.48. The van der Waals surface area contributed by atoms with Crippen molar-refractivity contribution < 1.29 is 9.53 Å². The Morgan fingerprint density at radius 3 is 2.47 bits per heavy atom. The van der Waals surface area contributed by atoms with Crippen LogP contribution in [0.25, 0.3) is 0 Å². The van der Waals surface area contributed by atoms with E-state index in [9.17, 15) is 4.79 Å². The molecule has 0 fully saturated rings. The van der Waals surface area contributed by atoms with E-state index in [2.05, 4.69) is 13.2 Å². The summed E-state index contributed by atoms with van der Waals surface area (Å²) >= 11 is 0. The zero-order chi connectivity index (χ0) is 11.1. The van der Waals surface area contributed by atoms with E-state index in [1.54, 1.807) is 36.4 Å². The highest BCUT2D eigenvalue weighted by atomic mass is 16.5. The molecule has 1 radical (unpaired) electrons. The summed E-state index contributed by atoms with van der Waals surface area (Å²) in [7, 11) is 0. The van der Waals surface area contributed by atoms with Crippen molar-refractivity contribution in [3.63, 3.8) is 0 Å². The number of allylic oxidation sites excluding steroid dienone is 1. The first-order chi connectivity index (χ1) is 7.27. The van der Waals surface area contributed by atoms with E-state index in [0.717, 1.165) is 0 Å². The van der Waals surface area contributed by atoms with Crippen LogP contribution in [0, 0.1) is 6.61 Å². The van der Waals surface area contributed by atoms with Crippen LogP contribution >= 0.6 is 0 Å². The summed E-state index contributed by atoms with van der Waals surface area (Å²) in [6.45, 7) is 8.51. The number of hydrogen-bond acceptors (Lipinski definition) is 2. The first kappa shape index (κ1) is 11.2. The van der Waals surface area contributed by atoms with Crippen LogP contribution in [0.15, 0.2) is 49.6 Å². The van der Waals surface area contributed by atoms with Crippen molar-refractivity contribution in [1.29, 1.82) is 0 Å². The highest BCUT2D eigenvalue weighted by Crippen LogP contribution is 2.14. The monoisotopic (exact) mass is 201 g/mol. The number of rotatable bonds is 6. The van der Waals surface area contributed by atoms with E-state index in [1.165, 1.54) is 6.61 Å². The predicted molar refractivity (Wildman–Crippen MR) is 60.7 cm³/mol. The van der Waals surface area contributed by atoms with E-state index >= 15 is 0 Å². The van der Waals surface area contributed by atoms with Gasteiger partial charge in [0.2, 0.25) is 0 Å². The van der Waals surface area contributed by atoms with Gasteiger partial charge in [-0.3, -0.25) is 4.79 Å². The molecule has 15 heavy (non-hydrogen) atoms. The molecule has 1 aromatic carbocycles. The van der Waals surface area contributed by atoms with Gasteiger partial charge < -0.3 is 4.74 Å². The number of ether oxygens (including phenoxy) is 1. The number of benzene rings is 1. The standard InChI is InChI=1S/C13H13O2/c1-3-5-13(14)11-6-8-12(9-7-11)15-10-4-2/h3-4,6-10H,1-2,5H2. The average molecular weight is 201 g/mol. The minimum absolute atomic E-state index is 0.0595. The molecule has 2 heteroatoms. The fraction of sp³-hybridized carbons (Fsp3) is 0.0769. The Kier molecular flexibility index (Phi) is 4.35. The maximum Gasteiger partial charge on any atom is 0.166 e. The van der Waals surface area contributed by atoms with Gasteiger partial charge in [0.05, 0.1) is 0 Å². The molecule has 0 aliphatic carbocycles. The Bertz CT molecular complexity index is 349. The van der Waals surface area contributed by atoms with Crippen molar-refractivity contribution in [2.45, 2.75) is 6.42 Å². The number of ketones is 1.